The topological polar surface area (TPSA) is 50.7 Å². The van der Waals surface area contributed by atoms with Gasteiger partial charge >= 0.3 is 0 Å². The van der Waals surface area contributed by atoms with Crippen LogP contribution in [0.3, 0.4) is 0 Å². The third-order valence-corrected chi connectivity index (χ3v) is 4.26. The first-order valence-electron chi connectivity index (χ1n) is 7.82. The number of hydrogen-bond acceptors (Lipinski definition) is 4. The van der Waals surface area contributed by atoms with Gasteiger partial charge in [0.25, 0.3) is 0 Å². The van der Waals surface area contributed by atoms with E-state index < -0.39 is 6.10 Å². The number of nitrogens with one attached hydrogen (secondary N) is 1. The minimum Gasteiger partial charge on any atom is -0.389 e. The zero-order chi connectivity index (χ0) is 13.6. The Kier molecular flexibility index (Phi) is 6.07. The van der Waals surface area contributed by atoms with Gasteiger partial charge in [-0.1, -0.05) is 19.3 Å². The summed E-state index contributed by atoms with van der Waals surface area (Å²) < 4.78 is 11.5. The molecule has 1 heterocycles. The van der Waals surface area contributed by atoms with Crippen LogP contribution in [0.1, 0.15) is 51.9 Å². The van der Waals surface area contributed by atoms with Crippen LogP contribution < -0.4 is 5.32 Å². The second kappa shape index (κ2) is 7.58. The van der Waals surface area contributed by atoms with Crippen molar-refractivity contribution in [1.29, 1.82) is 0 Å². The fraction of sp³-hybridized carbons (Fsp3) is 1.00. The van der Waals surface area contributed by atoms with Crippen molar-refractivity contribution in [2.75, 3.05) is 26.3 Å². The molecule has 1 saturated heterocycles. The second-order valence-corrected chi connectivity index (χ2v) is 6.28. The third-order valence-electron chi connectivity index (χ3n) is 4.26. The van der Waals surface area contributed by atoms with Crippen LogP contribution in [-0.2, 0) is 9.47 Å². The Balaban J connectivity index is 1.52. The van der Waals surface area contributed by atoms with Gasteiger partial charge < -0.3 is 19.9 Å². The molecule has 1 aliphatic heterocycles. The van der Waals surface area contributed by atoms with Gasteiger partial charge in [-0.3, -0.25) is 0 Å². The van der Waals surface area contributed by atoms with Gasteiger partial charge in [-0.05, 0) is 32.6 Å². The van der Waals surface area contributed by atoms with Gasteiger partial charge in [-0.25, -0.2) is 0 Å². The fourth-order valence-electron chi connectivity index (χ4n) is 3.02. The molecule has 0 aromatic heterocycles. The van der Waals surface area contributed by atoms with E-state index in [1.54, 1.807) is 0 Å². The van der Waals surface area contributed by atoms with Crippen molar-refractivity contribution in [3.63, 3.8) is 0 Å². The summed E-state index contributed by atoms with van der Waals surface area (Å²) in [4.78, 5) is 0. The zero-order valence-electron chi connectivity index (χ0n) is 12.2. The molecule has 19 heavy (non-hydrogen) atoms. The van der Waals surface area contributed by atoms with Crippen LogP contribution in [0, 0.1) is 0 Å². The van der Waals surface area contributed by atoms with Crippen LogP contribution in [-0.4, -0.2) is 49.2 Å². The van der Waals surface area contributed by atoms with E-state index in [1.807, 2.05) is 0 Å². The number of aliphatic hydroxyl groups is 1. The molecule has 2 unspecified atom stereocenters. The molecule has 112 valence electrons. The lowest BCUT2D eigenvalue weighted by molar-refractivity contribution is -0.0262. The monoisotopic (exact) mass is 271 g/mol. The van der Waals surface area contributed by atoms with Gasteiger partial charge in [0.2, 0.25) is 0 Å². The predicted octanol–water partition coefficient (Wildman–Crippen LogP) is 1.86. The van der Waals surface area contributed by atoms with E-state index in [1.165, 1.54) is 19.3 Å². The van der Waals surface area contributed by atoms with Crippen LogP contribution in [0.5, 0.6) is 0 Å². The van der Waals surface area contributed by atoms with E-state index in [4.69, 9.17) is 9.47 Å². The number of hydrogen-bond donors (Lipinski definition) is 2. The highest BCUT2D eigenvalue weighted by atomic mass is 16.5. The summed E-state index contributed by atoms with van der Waals surface area (Å²) >= 11 is 0. The van der Waals surface area contributed by atoms with Crippen molar-refractivity contribution in [2.45, 2.75) is 69.7 Å². The highest BCUT2D eigenvalue weighted by Gasteiger charge is 2.29. The Hall–Kier alpha value is -0.160. The first-order chi connectivity index (χ1) is 9.18. The van der Waals surface area contributed by atoms with E-state index in [-0.39, 0.29) is 5.60 Å². The number of rotatable bonds is 7. The summed E-state index contributed by atoms with van der Waals surface area (Å²) in [6.07, 6.45) is 8.41. The van der Waals surface area contributed by atoms with Crippen LogP contribution in [0.15, 0.2) is 0 Å². The molecule has 2 fully saturated rings. The number of ether oxygens (including phenoxy) is 2. The van der Waals surface area contributed by atoms with E-state index in [0.717, 1.165) is 38.8 Å². The maximum atomic E-state index is 9.91. The summed E-state index contributed by atoms with van der Waals surface area (Å²) in [5, 5.41) is 13.2. The van der Waals surface area contributed by atoms with Crippen molar-refractivity contribution in [3.05, 3.63) is 0 Å². The molecule has 4 heteroatoms. The van der Waals surface area contributed by atoms with Crippen LogP contribution >= 0.6 is 0 Å². The lowest BCUT2D eigenvalue weighted by Gasteiger charge is -2.26. The van der Waals surface area contributed by atoms with Crippen LogP contribution in [0.25, 0.3) is 0 Å². The Labute approximate surface area is 116 Å². The lowest BCUT2D eigenvalue weighted by atomic mass is 9.98. The summed E-state index contributed by atoms with van der Waals surface area (Å²) in [5.41, 5.74) is -0.0378. The van der Waals surface area contributed by atoms with Gasteiger partial charge in [0.1, 0.15) is 0 Å². The summed E-state index contributed by atoms with van der Waals surface area (Å²) in [5.74, 6) is 0. The normalized spacial score (nSPS) is 30.6. The summed E-state index contributed by atoms with van der Waals surface area (Å²) in [6.45, 7) is 4.86. The molecule has 0 aromatic carbocycles. The highest BCUT2D eigenvalue weighted by Crippen LogP contribution is 2.24. The lowest BCUT2D eigenvalue weighted by Crippen LogP contribution is -2.41. The predicted molar refractivity (Wildman–Crippen MR) is 75.3 cm³/mol. The highest BCUT2D eigenvalue weighted by molar-refractivity contribution is 4.82. The van der Waals surface area contributed by atoms with Crippen LogP contribution in [0.2, 0.25) is 0 Å². The molecule has 2 aliphatic rings. The van der Waals surface area contributed by atoms with E-state index >= 15 is 0 Å². The van der Waals surface area contributed by atoms with Crippen molar-refractivity contribution < 1.29 is 14.6 Å². The van der Waals surface area contributed by atoms with Gasteiger partial charge in [-0.2, -0.15) is 0 Å². The van der Waals surface area contributed by atoms with Crippen molar-refractivity contribution in [1.82, 2.24) is 5.32 Å². The Morgan fingerprint density at radius 2 is 2.11 bits per heavy atom. The maximum absolute atomic E-state index is 9.91. The standard InChI is InChI=1S/C15H29NO3/c1-15(8-5-9-19-15)12-16-10-13(17)11-18-14-6-3-2-4-7-14/h13-14,16-17H,2-12H2,1H3. The van der Waals surface area contributed by atoms with Crippen molar-refractivity contribution in [3.8, 4) is 0 Å². The average Bonchev–Trinajstić information content (AvgIpc) is 2.85. The molecule has 0 aromatic rings. The molecule has 2 atom stereocenters. The minimum atomic E-state index is -0.410. The van der Waals surface area contributed by atoms with Gasteiger partial charge in [0, 0.05) is 19.7 Å². The summed E-state index contributed by atoms with van der Waals surface area (Å²) in [7, 11) is 0. The largest absolute Gasteiger partial charge is 0.389 e. The van der Waals surface area contributed by atoms with E-state index in [9.17, 15) is 5.11 Å². The van der Waals surface area contributed by atoms with Gasteiger partial charge in [-0.15, -0.1) is 0 Å². The first kappa shape index (κ1) is 15.2. The first-order valence-corrected chi connectivity index (χ1v) is 7.82. The van der Waals surface area contributed by atoms with E-state index in [0.29, 0.717) is 19.3 Å². The molecule has 2 N–H and O–H groups in total. The Morgan fingerprint density at radius 3 is 2.79 bits per heavy atom. The smallest absolute Gasteiger partial charge is 0.0897 e. The zero-order valence-corrected chi connectivity index (χ0v) is 12.2. The van der Waals surface area contributed by atoms with Crippen molar-refractivity contribution in [2.24, 2.45) is 0 Å². The van der Waals surface area contributed by atoms with Gasteiger partial charge in [0.05, 0.1) is 24.4 Å². The Morgan fingerprint density at radius 1 is 1.32 bits per heavy atom. The summed E-state index contributed by atoms with van der Waals surface area (Å²) in [6, 6.07) is 0. The molecule has 0 radical (unpaired) electrons. The average molecular weight is 271 g/mol. The maximum Gasteiger partial charge on any atom is 0.0897 e. The SMILES string of the molecule is CC1(CNCC(O)COC2CCCCC2)CCCO1. The molecule has 0 spiro atoms. The molecule has 0 amide bonds. The molecule has 0 bridgehead atoms. The van der Waals surface area contributed by atoms with Crippen LogP contribution in [0.4, 0.5) is 0 Å². The van der Waals surface area contributed by atoms with Crippen molar-refractivity contribution >= 4 is 0 Å². The quantitative estimate of drug-likeness (QED) is 0.742. The molecule has 4 nitrogen and oxygen atoms in total. The molecular weight excluding hydrogens is 242 g/mol. The minimum absolute atomic E-state index is 0.0378. The Bertz CT molecular complexity index is 248. The molecular formula is C15H29NO3. The fourth-order valence-corrected chi connectivity index (χ4v) is 3.02. The van der Waals surface area contributed by atoms with E-state index in [2.05, 4.69) is 12.2 Å². The molecule has 2 rings (SSSR count). The third kappa shape index (κ3) is 5.38. The van der Waals surface area contributed by atoms with Gasteiger partial charge in [0.15, 0.2) is 0 Å². The molecule has 1 saturated carbocycles. The second-order valence-electron chi connectivity index (χ2n) is 6.28. The molecule has 1 aliphatic carbocycles. The number of aliphatic hydroxyl groups excluding tert-OH is 1.